The maximum absolute atomic E-state index is 14.5. The molecule has 0 aliphatic carbocycles. The monoisotopic (exact) mass is 344 g/mol. The lowest BCUT2D eigenvalue weighted by atomic mass is 9.90. The van der Waals surface area contributed by atoms with Gasteiger partial charge in [-0.05, 0) is 39.7 Å². The van der Waals surface area contributed by atoms with Crippen LogP contribution < -0.4 is 5.73 Å². The molecule has 1 heterocycles. The van der Waals surface area contributed by atoms with Crippen LogP contribution in [0.3, 0.4) is 0 Å². The van der Waals surface area contributed by atoms with Gasteiger partial charge >= 0.3 is 0 Å². The summed E-state index contributed by atoms with van der Waals surface area (Å²) < 4.78 is 43.3. The van der Waals surface area contributed by atoms with Gasteiger partial charge in [0, 0.05) is 17.2 Å². The van der Waals surface area contributed by atoms with Gasteiger partial charge in [0.05, 0.1) is 5.92 Å². The fourth-order valence-corrected chi connectivity index (χ4v) is 2.21. The molecule has 0 radical (unpaired) electrons. The van der Waals surface area contributed by atoms with E-state index in [1.165, 1.54) is 36.5 Å². The number of hydrogen-bond donors (Lipinski definition) is 1. The van der Waals surface area contributed by atoms with E-state index in [1.54, 1.807) is 0 Å². The molecule has 1 aromatic carbocycles. The van der Waals surface area contributed by atoms with Crippen LogP contribution in [0.25, 0.3) is 0 Å². The SMILES string of the molecule is NCC(c1ccccc1F)C(F)(F)c1ccc(Br)cn1. The molecule has 0 aliphatic rings. The van der Waals surface area contributed by atoms with Crippen LogP contribution in [-0.2, 0) is 5.92 Å². The number of alkyl halides is 2. The molecule has 20 heavy (non-hydrogen) atoms. The summed E-state index contributed by atoms with van der Waals surface area (Å²) in [5, 5.41) is 0. The molecule has 0 amide bonds. The Hall–Kier alpha value is -1.40. The lowest BCUT2D eigenvalue weighted by Crippen LogP contribution is -2.31. The molecule has 0 saturated heterocycles. The van der Waals surface area contributed by atoms with Crippen molar-refractivity contribution in [1.29, 1.82) is 0 Å². The first-order chi connectivity index (χ1) is 9.46. The minimum Gasteiger partial charge on any atom is -0.330 e. The minimum absolute atomic E-state index is 0.107. The Morgan fingerprint density at radius 1 is 1.20 bits per heavy atom. The first-order valence-electron chi connectivity index (χ1n) is 5.91. The van der Waals surface area contributed by atoms with Crippen LogP contribution >= 0.6 is 15.9 Å². The summed E-state index contributed by atoms with van der Waals surface area (Å²) in [6, 6.07) is 8.08. The van der Waals surface area contributed by atoms with E-state index in [1.807, 2.05) is 0 Å². The van der Waals surface area contributed by atoms with Gasteiger partial charge in [-0.3, -0.25) is 4.98 Å². The van der Waals surface area contributed by atoms with Crippen LogP contribution in [-0.4, -0.2) is 11.5 Å². The number of halogens is 4. The second kappa shape index (κ2) is 5.93. The van der Waals surface area contributed by atoms with E-state index in [9.17, 15) is 13.2 Å². The summed E-state index contributed by atoms with van der Waals surface area (Å²) in [7, 11) is 0. The summed E-state index contributed by atoms with van der Waals surface area (Å²) in [6.07, 6.45) is 1.28. The number of rotatable bonds is 4. The van der Waals surface area contributed by atoms with Crippen LogP contribution in [0.15, 0.2) is 47.1 Å². The van der Waals surface area contributed by atoms with Gasteiger partial charge in [0.25, 0.3) is 5.92 Å². The van der Waals surface area contributed by atoms with Gasteiger partial charge in [0.15, 0.2) is 0 Å². The molecule has 0 saturated carbocycles. The summed E-state index contributed by atoms with van der Waals surface area (Å²) in [5.74, 6) is -5.51. The zero-order chi connectivity index (χ0) is 14.8. The minimum atomic E-state index is -3.35. The first-order valence-corrected chi connectivity index (χ1v) is 6.70. The second-order valence-corrected chi connectivity index (χ2v) is 5.21. The summed E-state index contributed by atoms with van der Waals surface area (Å²) in [4.78, 5) is 3.70. The average molecular weight is 345 g/mol. The first kappa shape index (κ1) is 15.0. The van der Waals surface area contributed by atoms with Gasteiger partial charge in [-0.2, -0.15) is 8.78 Å². The van der Waals surface area contributed by atoms with Gasteiger partial charge in [-0.15, -0.1) is 0 Å². The zero-order valence-corrected chi connectivity index (χ0v) is 11.9. The Kier molecular flexibility index (Phi) is 4.45. The van der Waals surface area contributed by atoms with Gasteiger partial charge < -0.3 is 5.73 Å². The highest BCUT2D eigenvalue weighted by Crippen LogP contribution is 2.41. The molecular weight excluding hydrogens is 333 g/mol. The third kappa shape index (κ3) is 2.86. The fourth-order valence-electron chi connectivity index (χ4n) is 1.98. The lowest BCUT2D eigenvalue weighted by molar-refractivity contribution is -0.0366. The van der Waals surface area contributed by atoms with E-state index in [-0.39, 0.29) is 12.1 Å². The van der Waals surface area contributed by atoms with Crippen LogP contribution in [0.4, 0.5) is 13.2 Å². The van der Waals surface area contributed by atoms with Crippen LogP contribution in [0.2, 0.25) is 0 Å². The molecule has 1 unspecified atom stereocenters. The molecule has 2 nitrogen and oxygen atoms in total. The Balaban J connectivity index is 2.44. The van der Waals surface area contributed by atoms with Crippen molar-refractivity contribution in [1.82, 2.24) is 4.98 Å². The summed E-state index contributed by atoms with van der Waals surface area (Å²) >= 11 is 3.13. The van der Waals surface area contributed by atoms with Crippen molar-refractivity contribution < 1.29 is 13.2 Å². The molecular formula is C14H12BrF3N2. The molecule has 1 atom stereocenters. The average Bonchev–Trinajstić information content (AvgIpc) is 2.42. The molecule has 2 rings (SSSR count). The number of aromatic nitrogens is 1. The van der Waals surface area contributed by atoms with Crippen molar-refractivity contribution in [2.75, 3.05) is 6.54 Å². The molecule has 0 spiro atoms. The van der Waals surface area contributed by atoms with Gasteiger partial charge in [-0.25, -0.2) is 4.39 Å². The van der Waals surface area contributed by atoms with Crippen molar-refractivity contribution in [3.63, 3.8) is 0 Å². The number of benzene rings is 1. The van der Waals surface area contributed by atoms with Crippen molar-refractivity contribution in [3.05, 3.63) is 64.1 Å². The Morgan fingerprint density at radius 3 is 2.45 bits per heavy atom. The van der Waals surface area contributed by atoms with Crippen molar-refractivity contribution >= 4 is 15.9 Å². The van der Waals surface area contributed by atoms with E-state index in [0.717, 1.165) is 6.07 Å². The van der Waals surface area contributed by atoms with E-state index < -0.39 is 23.4 Å². The third-order valence-corrected chi connectivity index (χ3v) is 3.49. The number of nitrogens with two attached hydrogens (primary N) is 1. The van der Waals surface area contributed by atoms with Crippen molar-refractivity contribution in [3.8, 4) is 0 Å². The maximum atomic E-state index is 14.5. The second-order valence-electron chi connectivity index (χ2n) is 4.29. The lowest BCUT2D eigenvalue weighted by Gasteiger charge is -2.26. The van der Waals surface area contributed by atoms with Gasteiger partial charge in [0.1, 0.15) is 11.5 Å². The number of nitrogens with zero attached hydrogens (tertiary/aromatic N) is 1. The highest BCUT2D eigenvalue weighted by Gasteiger charge is 2.43. The number of pyridine rings is 1. The van der Waals surface area contributed by atoms with Gasteiger partial charge in [-0.1, -0.05) is 18.2 Å². The third-order valence-electron chi connectivity index (χ3n) is 3.02. The molecule has 6 heteroatoms. The standard InChI is InChI=1S/C14H12BrF3N2/c15-9-5-6-13(20-8-9)14(17,18)11(7-19)10-3-1-2-4-12(10)16/h1-6,8,11H,7,19H2. The van der Waals surface area contributed by atoms with Gasteiger partial charge in [0.2, 0.25) is 0 Å². The maximum Gasteiger partial charge on any atom is 0.297 e. The molecule has 1 aromatic heterocycles. The van der Waals surface area contributed by atoms with Crippen molar-refractivity contribution in [2.24, 2.45) is 5.73 Å². The molecule has 0 aliphatic heterocycles. The molecule has 106 valence electrons. The Labute approximate surface area is 123 Å². The highest BCUT2D eigenvalue weighted by molar-refractivity contribution is 9.10. The zero-order valence-electron chi connectivity index (χ0n) is 10.4. The quantitative estimate of drug-likeness (QED) is 0.915. The normalized spacial score (nSPS) is 13.2. The summed E-state index contributed by atoms with van der Waals surface area (Å²) in [6.45, 7) is -0.383. The van der Waals surface area contributed by atoms with Crippen LogP contribution in [0, 0.1) is 5.82 Å². The molecule has 0 bridgehead atoms. The van der Waals surface area contributed by atoms with E-state index in [2.05, 4.69) is 20.9 Å². The largest absolute Gasteiger partial charge is 0.330 e. The van der Waals surface area contributed by atoms with E-state index in [4.69, 9.17) is 5.73 Å². The predicted octanol–water partition coefficient (Wildman–Crippen LogP) is 3.82. The smallest absolute Gasteiger partial charge is 0.297 e. The topological polar surface area (TPSA) is 38.9 Å². The highest BCUT2D eigenvalue weighted by atomic mass is 79.9. The van der Waals surface area contributed by atoms with Crippen LogP contribution in [0.1, 0.15) is 17.2 Å². The Morgan fingerprint density at radius 2 is 1.90 bits per heavy atom. The molecule has 2 aromatic rings. The Bertz CT molecular complexity index is 587. The van der Waals surface area contributed by atoms with E-state index in [0.29, 0.717) is 4.47 Å². The number of hydrogen-bond acceptors (Lipinski definition) is 2. The molecule has 2 N–H and O–H groups in total. The van der Waals surface area contributed by atoms with Crippen molar-refractivity contribution in [2.45, 2.75) is 11.8 Å². The molecule has 0 fully saturated rings. The fraction of sp³-hybridized carbons (Fsp3) is 0.214. The van der Waals surface area contributed by atoms with Crippen LogP contribution in [0.5, 0.6) is 0 Å². The summed E-state index contributed by atoms with van der Waals surface area (Å²) in [5.41, 5.74) is 4.91. The van der Waals surface area contributed by atoms with E-state index >= 15 is 0 Å². The predicted molar refractivity (Wildman–Crippen MR) is 74.0 cm³/mol.